The maximum atomic E-state index is 12.4. The van der Waals surface area contributed by atoms with Crippen molar-refractivity contribution in [2.75, 3.05) is 5.73 Å². The molecule has 0 amide bonds. The highest BCUT2D eigenvalue weighted by Gasteiger charge is 2.29. The molecular weight excluding hydrogens is 300 g/mol. The van der Waals surface area contributed by atoms with Crippen LogP contribution in [0.15, 0.2) is 17.0 Å². The molecule has 112 valence electrons. The summed E-state index contributed by atoms with van der Waals surface area (Å²) in [6, 6.07) is 2.45. The van der Waals surface area contributed by atoms with Crippen LogP contribution in [-0.2, 0) is 10.0 Å². The summed E-state index contributed by atoms with van der Waals surface area (Å²) < 4.78 is 27.4. The second-order valence-corrected chi connectivity index (χ2v) is 7.32. The van der Waals surface area contributed by atoms with Crippen LogP contribution in [0.1, 0.15) is 31.2 Å². The lowest BCUT2D eigenvalue weighted by Gasteiger charge is -2.28. The fraction of sp³-hybridized carbons (Fsp3) is 0.538. The fourth-order valence-electron chi connectivity index (χ4n) is 2.46. The normalized spacial score (nSPS) is 23.8. The van der Waals surface area contributed by atoms with Gasteiger partial charge in [0.05, 0.1) is 11.0 Å². The van der Waals surface area contributed by atoms with E-state index in [9.17, 15) is 13.5 Å². The Morgan fingerprint density at radius 1 is 1.35 bits per heavy atom. The van der Waals surface area contributed by atoms with E-state index >= 15 is 0 Å². The minimum atomic E-state index is -3.74. The number of nitrogens with two attached hydrogens (primary N) is 1. The van der Waals surface area contributed by atoms with Crippen LogP contribution in [-0.4, -0.2) is 25.7 Å². The molecule has 4 N–H and O–H groups in total. The van der Waals surface area contributed by atoms with Gasteiger partial charge in [0.1, 0.15) is 0 Å². The molecule has 0 aliphatic heterocycles. The highest BCUT2D eigenvalue weighted by molar-refractivity contribution is 7.89. The summed E-state index contributed by atoms with van der Waals surface area (Å²) in [4.78, 5) is 0.0697. The smallest absolute Gasteiger partial charge is 0.241 e. The van der Waals surface area contributed by atoms with Crippen LogP contribution < -0.4 is 10.5 Å². The third kappa shape index (κ3) is 3.25. The molecule has 1 aromatic carbocycles. The third-order valence-corrected chi connectivity index (χ3v) is 5.52. The van der Waals surface area contributed by atoms with E-state index in [2.05, 4.69) is 4.72 Å². The van der Waals surface area contributed by atoms with Gasteiger partial charge < -0.3 is 10.8 Å². The van der Waals surface area contributed by atoms with Gasteiger partial charge in [-0.2, -0.15) is 0 Å². The van der Waals surface area contributed by atoms with E-state index in [-0.39, 0.29) is 9.92 Å². The van der Waals surface area contributed by atoms with Crippen LogP contribution in [0, 0.1) is 6.92 Å². The Labute approximate surface area is 124 Å². The second-order valence-electron chi connectivity index (χ2n) is 5.20. The standard InChI is InChI=1S/C13H19ClN2O3S/c1-8-10(15)6-9(14)7-13(8)20(18,19)16-11-4-2-3-5-12(11)17/h6-7,11-12,16-17H,2-5,15H2,1H3/t11-,12-/m0/s1. The average molecular weight is 319 g/mol. The van der Waals surface area contributed by atoms with Crippen LogP contribution >= 0.6 is 11.6 Å². The summed E-state index contributed by atoms with van der Waals surface area (Å²) in [5.74, 6) is 0. The number of nitrogens with one attached hydrogen (secondary N) is 1. The number of aliphatic hydroxyl groups excluding tert-OH is 1. The highest BCUT2D eigenvalue weighted by atomic mass is 35.5. The van der Waals surface area contributed by atoms with Gasteiger partial charge in [0, 0.05) is 16.8 Å². The van der Waals surface area contributed by atoms with Gasteiger partial charge in [-0.25, -0.2) is 13.1 Å². The number of anilines is 1. The minimum absolute atomic E-state index is 0.0697. The first-order valence-electron chi connectivity index (χ1n) is 6.57. The monoisotopic (exact) mass is 318 g/mol. The number of nitrogen functional groups attached to an aromatic ring is 1. The number of aliphatic hydroxyl groups is 1. The molecule has 1 saturated carbocycles. The first-order valence-corrected chi connectivity index (χ1v) is 8.43. The van der Waals surface area contributed by atoms with Crippen molar-refractivity contribution in [3.05, 3.63) is 22.7 Å². The average Bonchev–Trinajstić information content (AvgIpc) is 2.36. The van der Waals surface area contributed by atoms with Crippen molar-refractivity contribution in [1.82, 2.24) is 4.72 Å². The molecular formula is C13H19ClN2O3S. The van der Waals surface area contributed by atoms with E-state index < -0.39 is 22.2 Å². The number of benzene rings is 1. The number of halogens is 1. The van der Waals surface area contributed by atoms with Gasteiger partial charge in [0.15, 0.2) is 0 Å². The predicted molar refractivity (Wildman–Crippen MR) is 79.2 cm³/mol. The number of sulfonamides is 1. The third-order valence-electron chi connectivity index (χ3n) is 3.69. The van der Waals surface area contributed by atoms with E-state index in [4.69, 9.17) is 17.3 Å². The molecule has 1 aliphatic carbocycles. The minimum Gasteiger partial charge on any atom is -0.398 e. The summed E-state index contributed by atoms with van der Waals surface area (Å²) in [6.45, 7) is 1.64. The number of rotatable bonds is 3. The van der Waals surface area contributed by atoms with Gasteiger partial charge in [-0.05, 0) is 37.5 Å². The molecule has 1 fully saturated rings. The first-order chi connectivity index (χ1) is 9.31. The van der Waals surface area contributed by atoms with Gasteiger partial charge in [-0.1, -0.05) is 24.4 Å². The van der Waals surface area contributed by atoms with Crippen LogP contribution in [0.4, 0.5) is 5.69 Å². The summed E-state index contributed by atoms with van der Waals surface area (Å²) in [7, 11) is -3.74. The lowest BCUT2D eigenvalue weighted by atomic mass is 9.93. The Morgan fingerprint density at radius 3 is 2.65 bits per heavy atom. The number of hydrogen-bond acceptors (Lipinski definition) is 4. The zero-order valence-corrected chi connectivity index (χ0v) is 12.8. The van der Waals surface area contributed by atoms with E-state index in [1.54, 1.807) is 6.92 Å². The van der Waals surface area contributed by atoms with Crippen LogP contribution in [0.2, 0.25) is 5.02 Å². The maximum Gasteiger partial charge on any atom is 0.241 e. The summed E-state index contributed by atoms with van der Waals surface area (Å²) in [5.41, 5.74) is 6.55. The Morgan fingerprint density at radius 2 is 2.00 bits per heavy atom. The fourth-order valence-corrected chi connectivity index (χ4v) is 4.36. The molecule has 2 rings (SSSR count). The van der Waals surface area contributed by atoms with Crippen molar-refractivity contribution in [2.24, 2.45) is 0 Å². The van der Waals surface area contributed by atoms with Crippen LogP contribution in [0.25, 0.3) is 0 Å². The Balaban J connectivity index is 2.31. The SMILES string of the molecule is Cc1c(N)cc(Cl)cc1S(=O)(=O)N[C@H]1CCCC[C@@H]1O. The highest BCUT2D eigenvalue weighted by Crippen LogP contribution is 2.27. The Bertz CT molecular complexity index is 604. The van der Waals surface area contributed by atoms with Crippen molar-refractivity contribution >= 4 is 27.3 Å². The number of hydrogen-bond donors (Lipinski definition) is 3. The van der Waals surface area contributed by atoms with Crippen molar-refractivity contribution in [2.45, 2.75) is 49.6 Å². The van der Waals surface area contributed by atoms with Gasteiger partial charge in [0.2, 0.25) is 10.0 Å². The van der Waals surface area contributed by atoms with E-state index in [0.29, 0.717) is 24.1 Å². The lowest BCUT2D eigenvalue weighted by molar-refractivity contribution is 0.101. The molecule has 1 aliphatic rings. The van der Waals surface area contributed by atoms with Crippen molar-refractivity contribution in [3.63, 3.8) is 0 Å². The second kappa shape index (κ2) is 5.89. The van der Waals surface area contributed by atoms with Crippen LogP contribution in [0.3, 0.4) is 0 Å². The first kappa shape index (κ1) is 15.6. The quantitative estimate of drug-likeness (QED) is 0.741. The molecule has 2 atom stereocenters. The molecule has 0 heterocycles. The molecule has 0 aromatic heterocycles. The largest absolute Gasteiger partial charge is 0.398 e. The van der Waals surface area contributed by atoms with Gasteiger partial charge in [-0.3, -0.25) is 0 Å². The Hall–Kier alpha value is -0.820. The zero-order chi connectivity index (χ0) is 14.9. The van der Waals surface area contributed by atoms with E-state index in [1.165, 1.54) is 12.1 Å². The van der Waals surface area contributed by atoms with Crippen molar-refractivity contribution < 1.29 is 13.5 Å². The van der Waals surface area contributed by atoms with E-state index in [1.807, 2.05) is 0 Å². The van der Waals surface area contributed by atoms with Gasteiger partial charge >= 0.3 is 0 Å². The van der Waals surface area contributed by atoms with Crippen LogP contribution in [0.5, 0.6) is 0 Å². The molecule has 0 bridgehead atoms. The molecule has 7 heteroatoms. The predicted octanol–water partition coefficient (Wildman–Crippen LogP) is 1.81. The summed E-state index contributed by atoms with van der Waals surface area (Å²) in [6.07, 6.45) is 2.43. The molecule has 5 nitrogen and oxygen atoms in total. The summed E-state index contributed by atoms with van der Waals surface area (Å²) >= 11 is 5.88. The summed E-state index contributed by atoms with van der Waals surface area (Å²) in [5, 5.41) is 10.2. The van der Waals surface area contributed by atoms with Crippen molar-refractivity contribution in [3.8, 4) is 0 Å². The zero-order valence-electron chi connectivity index (χ0n) is 11.3. The maximum absolute atomic E-state index is 12.4. The molecule has 0 saturated heterocycles. The van der Waals surface area contributed by atoms with Crippen molar-refractivity contribution in [1.29, 1.82) is 0 Å². The topological polar surface area (TPSA) is 92.4 Å². The molecule has 20 heavy (non-hydrogen) atoms. The molecule has 0 spiro atoms. The Kier molecular flexibility index (Phi) is 4.59. The van der Waals surface area contributed by atoms with E-state index in [0.717, 1.165) is 12.8 Å². The van der Waals surface area contributed by atoms with Gasteiger partial charge in [0.25, 0.3) is 0 Å². The molecule has 0 unspecified atom stereocenters. The molecule has 1 aromatic rings. The lowest BCUT2D eigenvalue weighted by Crippen LogP contribution is -2.45. The van der Waals surface area contributed by atoms with Gasteiger partial charge in [-0.15, -0.1) is 0 Å². The molecule has 0 radical (unpaired) electrons.